The smallest absolute Gasteiger partial charge is 0.327 e. The number of benzene rings is 1. The second kappa shape index (κ2) is 4.09. The van der Waals surface area contributed by atoms with E-state index < -0.39 is 11.7 Å². The molecule has 1 aliphatic rings. The van der Waals surface area contributed by atoms with Crippen molar-refractivity contribution in [3.8, 4) is 0 Å². The van der Waals surface area contributed by atoms with Gasteiger partial charge < -0.3 is 5.73 Å². The van der Waals surface area contributed by atoms with Gasteiger partial charge in [0, 0.05) is 6.04 Å². The summed E-state index contributed by atoms with van der Waals surface area (Å²) >= 11 is 0. The summed E-state index contributed by atoms with van der Waals surface area (Å²) in [6, 6.07) is 5.63. The van der Waals surface area contributed by atoms with E-state index in [2.05, 4.69) is 0 Å². The Morgan fingerprint density at radius 3 is 2.38 bits per heavy atom. The number of hydrogen-bond acceptors (Lipinski definition) is 1. The zero-order valence-corrected chi connectivity index (χ0v) is 8.80. The van der Waals surface area contributed by atoms with E-state index in [4.69, 9.17) is 5.73 Å². The van der Waals surface area contributed by atoms with Gasteiger partial charge in [-0.15, -0.1) is 0 Å². The minimum atomic E-state index is -4.28. The highest BCUT2D eigenvalue weighted by Crippen LogP contribution is 2.40. The Kier molecular flexibility index (Phi) is 2.93. The standard InChI is InChI=1S/C12H14F3N/c13-12(14,15)10-6-2-1-4-8(10)9-5-3-7-11(9)16/h1-2,4,6,9,11H,3,5,7,16H2/t9-,11+/m1/s1. The van der Waals surface area contributed by atoms with Crippen molar-refractivity contribution in [1.29, 1.82) is 0 Å². The first-order valence-corrected chi connectivity index (χ1v) is 5.42. The van der Waals surface area contributed by atoms with Crippen molar-refractivity contribution in [1.82, 2.24) is 0 Å². The van der Waals surface area contributed by atoms with Crippen LogP contribution in [0.3, 0.4) is 0 Å². The SMILES string of the molecule is N[C@H]1CCC[C@@H]1c1ccccc1C(F)(F)F. The molecule has 1 aromatic carbocycles. The minimum absolute atomic E-state index is 0.136. The van der Waals surface area contributed by atoms with Crippen molar-refractivity contribution in [3.63, 3.8) is 0 Å². The summed E-state index contributed by atoms with van der Waals surface area (Å²) in [4.78, 5) is 0. The van der Waals surface area contributed by atoms with Crippen LogP contribution in [-0.2, 0) is 6.18 Å². The normalized spacial score (nSPS) is 26.0. The number of halogens is 3. The molecule has 1 nitrogen and oxygen atoms in total. The first-order valence-electron chi connectivity index (χ1n) is 5.42. The molecule has 2 atom stereocenters. The molecule has 1 aromatic rings. The monoisotopic (exact) mass is 229 g/mol. The van der Waals surface area contributed by atoms with E-state index in [0.717, 1.165) is 25.3 Å². The molecular weight excluding hydrogens is 215 g/mol. The minimum Gasteiger partial charge on any atom is -0.327 e. The summed E-state index contributed by atoms with van der Waals surface area (Å²) in [5, 5.41) is 0. The first kappa shape index (κ1) is 11.5. The van der Waals surface area contributed by atoms with Crippen molar-refractivity contribution in [2.75, 3.05) is 0 Å². The molecule has 0 aromatic heterocycles. The third-order valence-corrected chi connectivity index (χ3v) is 3.24. The van der Waals surface area contributed by atoms with Crippen molar-refractivity contribution in [2.45, 2.75) is 37.4 Å². The lowest BCUT2D eigenvalue weighted by molar-refractivity contribution is -0.138. The highest BCUT2D eigenvalue weighted by molar-refractivity contribution is 5.34. The maximum Gasteiger partial charge on any atom is 0.416 e. The molecule has 0 unspecified atom stereocenters. The lowest BCUT2D eigenvalue weighted by Gasteiger charge is -2.20. The van der Waals surface area contributed by atoms with Gasteiger partial charge >= 0.3 is 6.18 Å². The molecule has 88 valence electrons. The molecule has 0 aliphatic heterocycles. The average Bonchev–Trinajstić information content (AvgIpc) is 2.63. The van der Waals surface area contributed by atoms with Crippen LogP contribution in [0.1, 0.15) is 36.3 Å². The Morgan fingerprint density at radius 2 is 1.81 bits per heavy atom. The van der Waals surface area contributed by atoms with Crippen LogP contribution in [0.2, 0.25) is 0 Å². The van der Waals surface area contributed by atoms with E-state index in [-0.39, 0.29) is 12.0 Å². The van der Waals surface area contributed by atoms with Gasteiger partial charge in [-0.1, -0.05) is 24.6 Å². The van der Waals surface area contributed by atoms with Crippen molar-refractivity contribution < 1.29 is 13.2 Å². The molecule has 0 heterocycles. The fourth-order valence-electron chi connectivity index (χ4n) is 2.45. The van der Waals surface area contributed by atoms with Gasteiger partial charge in [0.1, 0.15) is 0 Å². The molecule has 1 saturated carbocycles. The highest BCUT2D eigenvalue weighted by atomic mass is 19.4. The molecule has 16 heavy (non-hydrogen) atoms. The van der Waals surface area contributed by atoms with Crippen LogP contribution in [-0.4, -0.2) is 6.04 Å². The summed E-state index contributed by atoms with van der Waals surface area (Å²) in [6.45, 7) is 0. The summed E-state index contributed by atoms with van der Waals surface area (Å²) < 4.78 is 38.4. The Bertz CT molecular complexity index is 373. The maximum absolute atomic E-state index is 12.8. The zero-order valence-electron chi connectivity index (χ0n) is 8.80. The zero-order chi connectivity index (χ0) is 11.8. The largest absolute Gasteiger partial charge is 0.416 e. The fourth-order valence-corrected chi connectivity index (χ4v) is 2.45. The third kappa shape index (κ3) is 2.07. The average molecular weight is 229 g/mol. The first-order chi connectivity index (χ1) is 7.50. The molecule has 1 aliphatic carbocycles. The number of rotatable bonds is 1. The van der Waals surface area contributed by atoms with Gasteiger partial charge in [-0.25, -0.2) is 0 Å². The van der Waals surface area contributed by atoms with E-state index in [0.29, 0.717) is 5.56 Å². The van der Waals surface area contributed by atoms with Gasteiger partial charge in [0.2, 0.25) is 0 Å². The van der Waals surface area contributed by atoms with Crippen molar-refractivity contribution >= 4 is 0 Å². The Labute approximate surface area is 92.5 Å². The van der Waals surface area contributed by atoms with E-state index in [9.17, 15) is 13.2 Å². The molecule has 0 saturated heterocycles. The van der Waals surface area contributed by atoms with Crippen LogP contribution < -0.4 is 5.73 Å². The number of nitrogens with two attached hydrogens (primary N) is 1. The lowest BCUT2D eigenvalue weighted by Crippen LogP contribution is -2.25. The lowest BCUT2D eigenvalue weighted by atomic mass is 9.90. The van der Waals surface area contributed by atoms with Gasteiger partial charge in [-0.2, -0.15) is 13.2 Å². The van der Waals surface area contributed by atoms with Gasteiger partial charge in [-0.05, 0) is 30.4 Å². The summed E-state index contributed by atoms with van der Waals surface area (Å²) in [6.07, 6.45) is -1.79. The molecule has 4 heteroatoms. The van der Waals surface area contributed by atoms with Gasteiger partial charge in [0.25, 0.3) is 0 Å². The molecule has 0 radical (unpaired) electrons. The maximum atomic E-state index is 12.8. The topological polar surface area (TPSA) is 26.0 Å². The molecule has 1 fully saturated rings. The van der Waals surface area contributed by atoms with E-state index in [1.807, 2.05) is 0 Å². The molecule has 0 amide bonds. The fraction of sp³-hybridized carbons (Fsp3) is 0.500. The second-order valence-electron chi connectivity index (χ2n) is 4.29. The van der Waals surface area contributed by atoms with E-state index >= 15 is 0 Å². The predicted octanol–water partition coefficient (Wildman–Crippen LogP) is 3.30. The predicted molar refractivity (Wildman–Crippen MR) is 56.0 cm³/mol. The molecule has 2 N–H and O–H groups in total. The van der Waals surface area contributed by atoms with Crippen LogP contribution >= 0.6 is 0 Å². The molecule has 0 spiro atoms. The Balaban J connectivity index is 2.40. The van der Waals surface area contributed by atoms with Crippen molar-refractivity contribution in [3.05, 3.63) is 35.4 Å². The highest BCUT2D eigenvalue weighted by Gasteiger charge is 2.37. The Hall–Kier alpha value is -1.03. The summed E-state index contributed by atoms with van der Waals surface area (Å²) in [5.74, 6) is -0.141. The van der Waals surface area contributed by atoms with Crippen LogP contribution in [0.15, 0.2) is 24.3 Å². The number of hydrogen-bond donors (Lipinski definition) is 1. The second-order valence-corrected chi connectivity index (χ2v) is 4.29. The van der Waals surface area contributed by atoms with Gasteiger partial charge in [-0.3, -0.25) is 0 Å². The quantitative estimate of drug-likeness (QED) is 0.785. The molecular formula is C12H14F3N. The van der Waals surface area contributed by atoms with Gasteiger partial charge in [0.15, 0.2) is 0 Å². The summed E-state index contributed by atoms with van der Waals surface area (Å²) in [5.41, 5.74) is 5.69. The molecule has 0 bridgehead atoms. The van der Waals surface area contributed by atoms with Crippen LogP contribution in [0, 0.1) is 0 Å². The number of alkyl halides is 3. The van der Waals surface area contributed by atoms with Crippen LogP contribution in [0.4, 0.5) is 13.2 Å². The van der Waals surface area contributed by atoms with E-state index in [1.165, 1.54) is 6.07 Å². The molecule has 2 rings (SSSR count). The third-order valence-electron chi connectivity index (χ3n) is 3.24. The Morgan fingerprint density at radius 1 is 1.12 bits per heavy atom. The van der Waals surface area contributed by atoms with Crippen LogP contribution in [0.5, 0.6) is 0 Å². The summed E-state index contributed by atoms with van der Waals surface area (Å²) in [7, 11) is 0. The van der Waals surface area contributed by atoms with Crippen LogP contribution in [0.25, 0.3) is 0 Å². The van der Waals surface area contributed by atoms with E-state index in [1.54, 1.807) is 12.1 Å². The van der Waals surface area contributed by atoms with Crippen molar-refractivity contribution in [2.24, 2.45) is 5.73 Å². The van der Waals surface area contributed by atoms with Gasteiger partial charge in [0.05, 0.1) is 5.56 Å².